The van der Waals surface area contributed by atoms with E-state index in [2.05, 4.69) is 10.3 Å². The van der Waals surface area contributed by atoms with Crippen LogP contribution in [-0.2, 0) is 11.3 Å². The minimum absolute atomic E-state index is 0.0516. The van der Waals surface area contributed by atoms with Crippen LogP contribution in [0, 0.1) is 17.8 Å². The number of aromatic nitrogens is 1. The molecule has 0 saturated heterocycles. The molecule has 0 bridgehead atoms. The fraction of sp³-hybridized carbons (Fsp3) is 0.667. The summed E-state index contributed by atoms with van der Waals surface area (Å²) in [6.07, 6.45) is 7.55. The van der Waals surface area contributed by atoms with Gasteiger partial charge >= 0.3 is 5.97 Å². The predicted octanol–water partition coefficient (Wildman–Crippen LogP) is 2.67. The minimum Gasteiger partial charge on any atom is -0.476 e. The molecule has 3 rings (SSSR count). The van der Waals surface area contributed by atoms with Gasteiger partial charge < -0.3 is 10.4 Å². The highest BCUT2D eigenvalue weighted by Crippen LogP contribution is 2.49. The van der Waals surface area contributed by atoms with Gasteiger partial charge in [-0.3, -0.25) is 4.79 Å². The second-order valence-corrected chi connectivity index (χ2v) is 7.00. The molecule has 0 radical (unpaired) electrons. The molecule has 1 aromatic rings. The van der Waals surface area contributed by atoms with Crippen LogP contribution in [-0.4, -0.2) is 22.0 Å². The van der Waals surface area contributed by atoms with E-state index >= 15 is 0 Å². The number of aromatic carboxylic acids is 1. The molecule has 21 heavy (non-hydrogen) atoms. The largest absolute Gasteiger partial charge is 0.476 e. The van der Waals surface area contributed by atoms with Gasteiger partial charge in [-0.15, -0.1) is 11.3 Å². The predicted molar refractivity (Wildman–Crippen MR) is 79.1 cm³/mol. The Hall–Kier alpha value is -1.43. The monoisotopic (exact) mass is 308 g/mol. The number of amides is 1. The third-order valence-corrected chi connectivity index (χ3v) is 5.47. The van der Waals surface area contributed by atoms with Gasteiger partial charge in [0.2, 0.25) is 5.91 Å². The first-order valence-electron chi connectivity index (χ1n) is 7.60. The summed E-state index contributed by atoms with van der Waals surface area (Å²) in [5.74, 6) is 0.581. The van der Waals surface area contributed by atoms with Gasteiger partial charge in [0.25, 0.3) is 0 Å². The van der Waals surface area contributed by atoms with Gasteiger partial charge in [-0.1, -0.05) is 32.1 Å². The number of thiazole rings is 1. The summed E-state index contributed by atoms with van der Waals surface area (Å²) in [6, 6.07) is 0. The van der Waals surface area contributed by atoms with E-state index in [-0.39, 0.29) is 17.5 Å². The lowest BCUT2D eigenvalue weighted by Crippen LogP contribution is -2.26. The van der Waals surface area contributed by atoms with Gasteiger partial charge in [0, 0.05) is 11.3 Å². The van der Waals surface area contributed by atoms with Crippen LogP contribution in [0.2, 0.25) is 0 Å². The molecule has 0 unspecified atom stereocenters. The molecule has 0 aromatic carbocycles. The topological polar surface area (TPSA) is 79.3 Å². The average Bonchev–Trinajstić information content (AvgIpc) is 3.15. The van der Waals surface area contributed by atoms with Gasteiger partial charge in [-0.25, -0.2) is 9.78 Å². The Kier molecular flexibility index (Phi) is 4.24. The molecule has 0 aliphatic heterocycles. The highest BCUT2D eigenvalue weighted by Gasteiger charge is 2.47. The molecule has 6 heteroatoms. The van der Waals surface area contributed by atoms with E-state index in [9.17, 15) is 9.59 Å². The van der Waals surface area contributed by atoms with Crippen LogP contribution in [0.15, 0.2) is 5.38 Å². The van der Waals surface area contributed by atoms with Gasteiger partial charge in [0.05, 0.1) is 6.54 Å². The molecular weight excluding hydrogens is 288 g/mol. The molecule has 2 saturated carbocycles. The Bertz CT molecular complexity index is 537. The molecule has 1 heterocycles. The zero-order valence-corrected chi connectivity index (χ0v) is 12.7. The normalized spacial score (nSPS) is 25.5. The van der Waals surface area contributed by atoms with Crippen molar-refractivity contribution in [2.75, 3.05) is 0 Å². The number of carbonyl (C=O) groups excluding carboxylic acids is 1. The average molecular weight is 308 g/mol. The van der Waals surface area contributed by atoms with E-state index in [0.717, 1.165) is 12.3 Å². The Balaban J connectivity index is 1.45. The van der Waals surface area contributed by atoms with E-state index in [0.29, 0.717) is 17.5 Å². The van der Waals surface area contributed by atoms with Gasteiger partial charge in [-0.05, 0) is 18.3 Å². The summed E-state index contributed by atoms with van der Waals surface area (Å²) < 4.78 is 0. The molecule has 2 N–H and O–H groups in total. The van der Waals surface area contributed by atoms with Crippen molar-refractivity contribution in [2.24, 2.45) is 17.8 Å². The minimum atomic E-state index is -1.02. The molecule has 5 nitrogen and oxygen atoms in total. The summed E-state index contributed by atoms with van der Waals surface area (Å²) in [5, 5.41) is 13.9. The highest BCUT2D eigenvalue weighted by atomic mass is 32.1. The number of carboxylic acids is 1. The fourth-order valence-electron chi connectivity index (χ4n) is 3.38. The first kappa shape index (κ1) is 14.5. The zero-order valence-electron chi connectivity index (χ0n) is 11.9. The second-order valence-electron chi connectivity index (χ2n) is 6.05. The van der Waals surface area contributed by atoms with Crippen LogP contribution >= 0.6 is 11.3 Å². The summed E-state index contributed by atoms with van der Waals surface area (Å²) in [5.41, 5.74) is 0.0516. The number of nitrogens with zero attached hydrogens (tertiary/aromatic N) is 1. The van der Waals surface area contributed by atoms with Crippen LogP contribution in [0.25, 0.3) is 0 Å². The first-order valence-corrected chi connectivity index (χ1v) is 8.48. The van der Waals surface area contributed by atoms with Crippen LogP contribution in [0.4, 0.5) is 0 Å². The SMILES string of the molecule is O=C(O)c1csc(CNC(=O)[C@@H]2C[C@H]2C2CCCCC2)n1. The van der Waals surface area contributed by atoms with E-state index in [4.69, 9.17) is 5.11 Å². The van der Waals surface area contributed by atoms with Gasteiger partial charge in [-0.2, -0.15) is 0 Å². The zero-order chi connectivity index (χ0) is 14.8. The molecule has 1 amide bonds. The van der Waals surface area contributed by atoms with Gasteiger partial charge in [0.1, 0.15) is 5.01 Å². The van der Waals surface area contributed by atoms with Crippen LogP contribution in [0.5, 0.6) is 0 Å². The molecular formula is C15H20N2O3S. The van der Waals surface area contributed by atoms with Crippen molar-refractivity contribution in [3.8, 4) is 0 Å². The van der Waals surface area contributed by atoms with E-state index in [1.54, 1.807) is 0 Å². The van der Waals surface area contributed by atoms with Crippen LogP contribution in [0.1, 0.15) is 54.0 Å². The number of carbonyl (C=O) groups is 2. The second kappa shape index (κ2) is 6.13. The third kappa shape index (κ3) is 3.43. The van der Waals surface area contributed by atoms with Crippen LogP contribution in [0.3, 0.4) is 0 Å². The van der Waals surface area contributed by atoms with Crippen molar-refractivity contribution >= 4 is 23.2 Å². The molecule has 2 aliphatic carbocycles. The molecule has 2 aliphatic rings. The van der Waals surface area contributed by atoms with Crippen molar-refractivity contribution in [2.45, 2.75) is 45.1 Å². The quantitative estimate of drug-likeness (QED) is 0.876. The summed E-state index contributed by atoms with van der Waals surface area (Å²) in [4.78, 5) is 26.8. The molecule has 2 fully saturated rings. The summed E-state index contributed by atoms with van der Waals surface area (Å²) in [7, 11) is 0. The summed E-state index contributed by atoms with van der Waals surface area (Å²) >= 11 is 1.27. The molecule has 0 spiro atoms. The van der Waals surface area contributed by atoms with E-state index in [1.807, 2.05) is 0 Å². The number of rotatable bonds is 5. The van der Waals surface area contributed by atoms with Crippen molar-refractivity contribution in [3.63, 3.8) is 0 Å². The summed E-state index contributed by atoms with van der Waals surface area (Å²) in [6.45, 7) is 0.338. The highest BCUT2D eigenvalue weighted by molar-refractivity contribution is 7.09. The van der Waals surface area contributed by atoms with Crippen molar-refractivity contribution < 1.29 is 14.7 Å². The Labute approximate surface area is 127 Å². The van der Waals surface area contributed by atoms with Crippen molar-refractivity contribution in [1.82, 2.24) is 10.3 Å². The lowest BCUT2D eigenvalue weighted by molar-refractivity contribution is -0.123. The number of hydrogen-bond acceptors (Lipinski definition) is 4. The maximum absolute atomic E-state index is 12.1. The maximum Gasteiger partial charge on any atom is 0.355 e. The number of carboxylic acid groups (broad SMARTS) is 1. The van der Waals surface area contributed by atoms with Gasteiger partial charge in [0.15, 0.2) is 5.69 Å². The molecule has 114 valence electrons. The Morgan fingerprint density at radius 2 is 2.10 bits per heavy atom. The third-order valence-electron chi connectivity index (χ3n) is 4.62. The van der Waals surface area contributed by atoms with Crippen molar-refractivity contribution in [3.05, 3.63) is 16.1 Å². The smallest absolute Gasteiger partial charge is 0.355 e. The van der Waals surface area contributed by atoms with E-state index in [1.165, 1.54) is 48.8 Å². The van der Waals surface area contributed by atoms with E-state index < -0.39 is 5.97 Å². The Morgan fingerprint density at radius 1 is 1.33 bits per heavy atom. The number of nitrogens with one attached hydrogen (secondary N) is 1. The molecule has 2 atom stereocenters. The Morgan fingerprint density at radius 3 is 2.76 bits per heavy atom. The standard InChI is InChI=1S/C15H20N2O3S/c18-14(11-6-10(11)9-4-2-1-3-5-9)16-7-13-17-12(8-21-13)15(19)20/h8-11H,1-7H2,(H,16,18)(H,19,20)/t10-,11+/m0/s1. The fourth-order valence-corrected chi connectivity index (χ4v) is 4.09. The van der Waals surface area contributed by atoms with Crippen molar-refractivity contribution in [1.29, 1.82) is 0 Å². The lowest BCUT2D eigenvalue weighted by atomic mass is 9.85. The first-order chi connectivity index (χ1) is 10.1. The maximum atomic E-state index is 12.1. The number of hydrogen-bond donors (Lipinski definition) is 2. The molecule has 1 aromatic heterocycles. The van der Waals surface area contributed by atoms with Crippen LogP contribution < -0.4 is 5.32 Å². The lowest BCUT2D eigenvalue weighted by Gasteiger charge is -2.21.